The minimum absolute atomic E-state index is 0.0340. The second-order valence-electron chi connectivity index (χ2n) is 5.95. The van der Waals surface area contributed by atoms with Gasteiger partial charge in [0.25, 0.3) is 0 Å². The average Bonchev–Trinajstić information content (AvgIpc) is 2.27. The van der Waals surface area contributed by atoms with E-state index in [1.165, 1.54) is 0 Å². The lowest BCUT2D eigenvalue weighted by Crippen LogP contribution is -2.31. The summed E-state index contributed by atoms with van der Waals surface area (Å²) in [4.78, 5) is 13.8. The van der Waals surface area contributed by atoms with Gasteiger partial charge in [0.05, 0.1) is 12.2 Å². The maximum Gasteiger partial charge on any atom is 0.159 e. The molecule has 98 valence electrons. The first-order chi connectivity index (χ1) is 8.30. The van der Waals surface area contributed by atoms with Crippen LogP contribution in [0, 0.1) is 0 Å². The van der Waals surface area contributed by atoms with Gasteiger partial charge in [-0.15, -0.1) is 0 Å². The Hall–Kier alpha value is -1.51. The molecule has 1 aromatic rings. The summed E-state index contributed by atoms with van der Waals surface area (Å²) in [5.41, 5.74) is 2.86. The zero-order chi connectivity index (χ0) is 13.5. The molecule has 3 heteroatoms. The maximum absolute atomic E-state index is 11.7. The molecule has 0 amide bonds. The highest BCUT2D eigenvalue weighted by atomic mass is 16.5. The van der Waals surface area contributed by atoms with Crippen LogP contribution < -0.4 is 9.64 Å². The highest BCUT2D eigenvalue weighted by Gasteiger charge is 2.27. The van der Waals surface area contributed by atoms with E-state index in [0.29, 0.717) is 6.61 Å². The molecule has 2 rings (SSSR count). The molecule has 0 aromatic heterocycles. The van der Waals surface area contributed by atoms with Crippen LogP contribution in [0.3, 0.4) is 0 Å². The molecule has 3 nitrogen and oxygen atoms in total. The Morgan fingerprint density at radius 1 is 1.33 bits per heavy atom. The minimum atomic E-state index is -0.0340. The summed E-state index contributed by atoms with van der Waals surface area (Å²) in [6.45, 7) is 9.60. The molecular weight excluding hydrogens is 226 g/mol. The molecule has 18 heavy (non-hydrogen) atoms. The first kappa shape index (κ1) is 12.9. The Labute approximate surface area is 109 Å². The number of nitrogens with zero attached hydrogens (tertiary/aromatic N) is 1. The van der Waals surface area contributed by atoms with Gasteiger partial charge < -0.3 is 9.64 Å². The van der Waals surface area contributed by atoms with E-state index in [4.69, 9.17) is 4.74 Å². The number of hydrogen-bond acceptors (Lipinski definition) is 3. The van der Waals surface area contributed by atoms with Crippen LogP contribution in [-0.4, -0.2) is 26.0 Å². The largest absolute Gasteiger partial charge is 0.489 e. The van der Waals surface area contributed by atoms with Crippen LogP contribution in [-0.2, 0) is 5.41 Å². The topological polar surface area (TPSA) is 29.5 Å². The first-order valence-corrected chi connectivity index (χ1v) is 6.34. The number of carbonyl (C=O) groups excluding carboxylic acids is 1. The van der Waals surface area contributed by atoms with Gasteiger partial charge in [-0.05, 0) is 24.5 Å². The number of anilines is 1. The summed E-state index contributed by atoms with van der Waals surface area (Å²) >= 11 is 0. The van der Waals surface area contributed by atoms with Crippen molar-refractivity contribution in [3.63, 3.8) is 0 Å². The van der Waals surface area contributed by atoms with Crippen LogP contribution in [0.5, 0.6) is 5.75 Å². The van der Waals surface area contributed by atoms with E-state index in [1.54, 1.807) is 6.92 Å². The number of ether oxygens (including phenoxy) is 1. The fourth-order valence-corrected chi connectivity index (χ4v) is 2.21. The molecule has 0 fully saturated rings. The van der Waals surface area contributed by atoms with E-state index in [-0.39, 0.29) is 11.2 Å². The summed E-state index contributed by atoms with van der Waals surface area (Å²) in [6.07, 6.45) is 0. The molecule has 0 saturated heterocycles. The van der Waals surface area contributed by atoms with Gasteiger partial charge in [0.2, 0.25) is 0 Å². The van der Waals surface area contributed by atoms with Gasteiger partial charge in [-0.1, -0.05) is 20.8 Å². The quantitative estimate of drug-likeness (QED) is 0.714. The second-order valence-corrected chi connectivity index (χ2v) is 5.95. The number of Topliss-reactive ketones (excluding diaryl/α,β-unsaturated/α-hetero) is 1. The van der Waals surface area contributed by atoms with E-state index < -0.39 is 0 Å². The minimum Gasteiger partial charge on any atom is -0.489 e. The predicted octanol–water partition coefficient (Wildman–Crippen LogP) is 3.02. The van der Waals surface area contributed by atoms with Crippen molar-refractivity contribution >= 4 is 11.5 Å². The summed E-state index contributed by atoms with van der Waals surface area (Å²) in [7, 11) is 2.04. The molecule has 0 bridgehead atoms. The predicted molar refractivity (Wildman–Crippen MR) is 73.9 cm³/mol. The Morgan fingerprint density at radius 2 is 2.00 bits per heavy atom. The van der Waals surface area contributed by atoms with Crippen molar-refractivity contribution < 1.29 is 9.53 Å². The molecule has 0 unspecified atom stereocenters. The Balaban J connectivity index is 2.68. The number of fused-ring (bicyclic) bond motifs is 1. The number of rotatable bonds is 1. The Morgan fingerprint density at radius 3 is 2.56 bits per heavy atom. The van der Waals surface area contributed by atoms with Gasteiger partial charge >= 0.3 is 0 Å². The highest BCUT2D eigenvalue weighted by Crippen LogP contribution is 2.41. The van der Waals surface area contributed by atoms with Crippen LogP contribution in [0.2, 0.25) is 0 Å². The van der Waals surface area contributed by atoms with Crippen molar-refractivity contribution in [1.82, 2.24) is 0 Å². The van der Waals surface area contributed by atoms with E-state index in [9.17, 15) is 4.79 Å². The van der Waals surface area contributed by atoms with Gasteiger partial charge in [0.15, 0.2) is 5.78 Å². The van der Waals surface area contributed by atoms with Crippen LogP contribution >= 0.6 is 0 Å². The van der Waals surface area contributed by atoms with E-state index in [0.717, 1.165) is 29.1 Å². The molecule has 0 aliphatic carbocycles. The SMILES string of the molecule is CC(=O)c1cc2c(c(C(C)(C)C)c1)OCCN2C. The van der Waals surface area contributed by atoms with Gasteiger partial charge in [0, 0.05) is 18.2 Å². The third-order valence-electron chi connectivity index (χ3n) is 3.37. The Kier molecular flexibility index (Phi) is 3.09. The molecule has 1 aliphatic rings. The number of likely N-dealkylation sites (N-methyl/N-ethyl adjacent to an activating group) is 1. The zero-order valence-electron chi connectivity index (χ0n) is 11.8. The third kappa shape index (κ3) is 2.22. The van der Waals surface area contributed by atoms with Crippen molar-refractivity contribution in [3.8, 4) is 5.75 Å². The lowest BCUT2D eigenvalue weighted by atomic mass is 9.84. The van der Waals surface area contributed by atoms with E-state index in [2.05, 4.69) is 25.7 Å². The lowest BCUT2D eigenvalue weighted by Gasteiger charge is -2.33. The van der Waals surface area contributed by atoms with Crippen LogP contribution in [0.4, 0.5) is 5.69 Å². The van der Waals surface area contributed by atoms with Crippen molar-refractivity contribution in [1.29, 1.82) is 0 Å². The highest BCUT2D eigenvalue weighted by molar-refractivity contribution is 5.96. The summed E-state index contributed by atoms with van der Waals surface area (Å²) in [6, 6.07) is 3.91. The molecule has 0 radical (unpaired) electrons. The smallest absolute Gasteiger partial charge is 0.159 e. The third-order valence-corrected chi connectivity index (χ3v) is 3.37. The van der Waals surface area contributed by atoms with Gasteiger partial charge in [-0.25, -0.2) is 0 Å². The standard InChI is InChI=1S/C15H21NO2/c1-10(17)11-8-12(15(2,3)4)14-13(9-11)16(5)6-7-18-14/h8-9H,6-7H2,1-5H3. The van der Waals surface area contributed by atoms with Crippen LogP contribution in [0.1, 0.15) is 43.6 Å². The second kappa shape index (κ2) is 4.30. The van der Waals surface area contributed by atoms with Gasteiger partial charge in [-0.3, -0.25) is 4.79 Å². The lowest BCUT2D eigenvalue weighted by molar-refractivity contribution is 0.101. The van der Waals surface area contributed by atoms with Gasteiger partial charge in [0.1, 0.15) is 12.4 Å². The Bertz CT molecular complexity index is 486. The monoisotopic (exact) mass is 247 g/mol. The van der Waals surface area contributed by atoms with Crippen molar-refractivity contribution in [2.75, 3.05) is 25.1 Å². The molecule has 1 aromatic carbocycles. The number of hydrogen-bond donors (Lipinski definition) is 0. The number of benzene rings is 1. The molecule has 0 spiro atoms. The normalized spacial score (nSPS) is 15.1. The van der Waals surface area contributed by atoms with Crippen molar-refractivity contribution in [2.45, 2.75) is 33.1 Å². The molecule has 1 aliphatic heterocycles. The molecule has 1 heterocycles. The van der Waals surface area contributed by atoms with Crippen LogP contribution in [0.25, 0.3) is 0 Å². The van der Waals surface area contributed by atoms with Crippen molar-refractivity contribution in [3.05, 3.63) is 23.3 Å². The van der Waals surface area contributed by atoms with E-state index in [1.807, 2.05) is 19.2 Å². The fraction of sp³-hybridized carbons (Fsp3) is 0.533. The van der Waals surface area contributed by atoms with Crippen molar-refractivity contribution in [2.24, 2.45) is 0 Å². The summed E-state index contributed by atoms with van der Waals surface area (Å²) < 4.78 is 5.83. The number of ketones is 1. The van der Waals surface area contributed by atoms with Gasteiger partial charge in [-0.2, -0.15) is 0 Å². The molecule has 0 atom stereocenters. The number of carbonyl (C=O) groups is 1. The first-order valence-electron chi connectivity index (χ1n) is 6.34. The molecule has 0 N–H and O–H groups in total. The summed E-state index contributed by atoms with van der Waals surface area (Å²) in [5, 5.41) is 0. The molecular formula is C15H21NO2. The van der Waals surface area contributed by atoms with Crippen LogP contribution in [0.15, 0.2) is 12.1 Å². The fourth-order valence-electron chi connectivity index (χ4n) is 2.21. The molecule has 0 saturated carbocycles. The zero-order valence-corrected chi connectivity index (χ0v) is 11.8. The average molecular weight is 247 g/mol. The summed E-state index contributed by atoms with van der Waals surface area (Å²) in [5.74, 6) is 1.03. The maximum atomic E-state index is 11.7. The van der Waals surface area contributed by atoms with E-state index >= 15 is 0 Å².